The molecule has 0 radical (unpaired) electrons. The van der Waals surface area contributed by atoms with Crippen molar-refractivity contribution >= 4 is 17.3 Å². The number of carboxylic acids is 1. The van der Waals surface area contributed by atoms with E-state index in [2.05, 4.69) is 4.18 Å². The van der Waals surface area contributed by atoms with Crippen molar-refractivity contribution in [2.45, 2.75) is 25.5 Å². The topological polar surface area (TPSA) is 110 Å². The van der Waals surface area contributed by atoms with Gasteiger partial charge in [-0.25, -0.2) is 4.18 Å². The molecule has 0 aliphatic heterocycles. The van der Waals surface area contributed by atoms with Gasteiger partial charge in [-0.2, -0.15) is 4.21 Å². The van der Waals surface area contributed by atoms with Gasteiger partial charge in [-0.1, -0.05) is 24.3 Å². The van der Waals surface area contributed by atoms with Crippen LogP contribution in [0.25, 0.3) is 0 Å². The molecule has 4 N–H and O–H groups in total. The first-order chi connectivity index (χ1) is 8.24. The fraction of sp³-hybridized carbons (Fsp3) is 0.364. The van der Waals surface area contributed by atoms with E-state index in [1.54, 1.807) is 31.2 Å². The molecule has 0 aliphatic carbocycles. The third-order valence-electron chi connectivity index (χ3n) is 2.60. The minimum atomic E-state index is -2.48. The molecule has 0 bridgehead atoms. The van der Waals surface area contributed by atoms with Gasteiger partial charge in [0.25, 0.3) is 0 Å². The van der Waals surface area contributed by atoms with E-state index >= 15 is 0 Å². The number of benzene rings is 1. The number of nitrogens with two attached hydrogens (primary N) is 1. The Labute approximate surface area is 107 Å². The van der Waals surface area contributed by atoms with Gasteiger partial charge in [0, 0.05) is 0 Å². The van der Waals surface area contributed by atoms with Crippen molar-refractivity contribution in [2.24, 2.45) is 5.73 Å². The largest absolute Gasteiger partial charge is 0.481 e. The molecule has 1 aromatic carbocycles. The van der Waals surface area contributed by atoms with E-state index < -0.39 is 29.0 Å². The van der Waals surface area contributed by atoms with Gasteiger partial charge in [0.15, 0.2) is 5.72 Å². The van der Waals surface area contributed by atoms with E-state index in [9.17, 15) is 9.00 Å². The van der Waals surface area contributed by atoms with Crippen LogP contribution in [-0.4, -0.2) is 19.8 Å². The third kappa shape index (κ3) is 3.61. The Morgan fingerprint density at radius 2 is 1.94 bits per heavy atom. The van der Waals surface area contributed by atoms with Gasteiger partial charge in [-0.15, -0.1) is 0 Å². The lowest BCUT2D eigenvalue weighted by Crippen LogP contribution is -2.36. The zero-order chi connectivity index (χ0) is 13.9. The first kappa shape index (κ1) is 14.8. The Hall–Kier alpha value is -1.28. The van der Waals surface area contributed by atoms with E-state index in [1.807, 2.05) is 0 Å². The van der Waals surface area contributed by atoms with Gasteiger partial charge < -0.3 is 5.11 Å². The van der Waals surface area contributed by atoms with Crippen molar-refractivity contribution in [3.63, 3.8) is 0 Å². The summed E-state index contributed by atoms with van der Waals surface area (Å²) in [6, 6.07) is 6.34. The minimum absolute atomic E-state index is 0.478. The summed E-state index contributed by atoms with van der Waals surface area (Å²) < 4.78 is 23.9. The summed E-state index contributed by atoms with van der Waals surface area (Å²) >= 11 is -2.48. The van der Waals surface area contributed by atoms with Crippen molar-refractivity contribution < 1.29 is 22.8 Å². The Bertz CT molecular complexity index is 457. The molecule has 0 aromatic heterocycles. The summed E-state index contributed by atoms with van der Waals surface area (Å²) in [6.07, 6.45) is 0. The van der Waals surface area contributed by atoms with E-state index in [1.165, 1.54) is 6.92 Å². The van der Waals surface area contributed by atoms with Crippen LogP contribution in [0.1, 0.15) is 30.9 Å². The molecule has 0 fully saturated rings. The minimum Gasteiger partial charge on any atom is -0.481 e. The molecule has 0 aliphatic rings. The quantitative estimate of drug-likeness (QED) is 0.548. The maximum atomic E-state index is 10.8. The van der Waals surface area contributed by atoms with Gasteiger partial charge in [-0.05, 0) is 25.0 Å². The van der Waals surface area contributed by atoms with E-state index in [0.717, 1.165) is 0 Å². The van der Waals surface area contributed by atoms with Crippen LogP contribution in [0.4, 0.5) is 0 Å². The molecule has 0 spiro atoms. The highest BCUT2D eigenvalue weighted by Crippen LogP contribution is 2.23. The van der Waals surface area contributed by atoms with Crippen LogP contribution in [0.15, 0.2) is 24.3 Å². The summed E-state index contributed by atoms with van der Waals surface area (Å²) in [5.74, 6) is -1.55. The van der Waals surface area contributed by atoms with Crippen LogP contribution < -0.4 is 5.73 Å². The van der Waals surface area contributed by atoms with Gasteiger partial charge in [0.2, 0.25) is 0 Å². The molecule has 0 saturated heterocycles. The first-order valence-electron chi connectivity index (χ1n) is 5.16. The number of hydrogen-bond donors (Lipinski definition) is 3. The summed E-state index contributed by atoms with van der Waals surface area (Å²) in [5.41, 5.74) is 5.42. The van der Waals surface area contributed by atoms with Gasteiger partial charge >= 0.3 is 17.3 Å². The van der Waals surface area contributed by atoms with Gasteiger partial charge in [-0.3, -0.25) is 15.1 Å². The predicted octanol–water partition coefficient (Wildman–Crippen LogP) is 1.16. The van der Waals surface area contributed by atoms with Crippen molar-refractivity contribution in [3.05, 3.63) is 35.4 Å². The second kappa shape index (κ2) is 5.57. The van der Waals surface area contributed by atoms with E-state index in [0.29, 0.717) is 11.1 Å². The lowest BCUT2D eigenvalue weighted by atomic mass is 9.97. The molecular weight excluding hydrogens is 258 g/mol. The first-order valence-corrected chi connectivity index (χ1v) is 6.19. The maximum Gasteiger partial charge on any atom is 0.310 e. The molecular formula is C11H15NO5S. The molecule has 3 unspecified atom stereocenters. The Kier molecular flexibility index (Phi) is 4.58. The number of carboxylic acid groups (broad SMARTS) is 1. The number of rotatable bonds is 5. The van der Waals surface area contributed by atoms with Gasteiger partial charge in [0.05, 0.1) is 5.92 Å². The second-order valence-electron chi connectivity index (χ2n) is 4.09. The molecule has 0 heterocycles. The normalized spacial score (nSPS) is 17.8. The molecule has 1 rings (SSSR count). The summed E-state index contributed by atoms with van der Waals surface area (Å²) in [7, 11) is 0. The van der Waals surface area contributed by atoms with Crippen molar-refractivity contribution in [1.29, 1.82) is 0 Å². The van der Waals surface area contributed by atoms with Crippen LogP contribution in [-0.2, 0) is 26.1 Å². The van der Waals surface area contributed by atoms with Gasteiger partial charge in [0.1, 0.15) is 0 Å². The maximum absolute atomic E-state index is 10.8. The molecule has 7 heteroatoms. The lowest BCUT2D eigenvalue weighted by Gasteiger charge is -2.23. The molecule has 6 nitrogen and oxygen atoms in total. The van der Waals surface area contributed by atoms with Crippen LogP contribution in [0.3, 0.4) is 0 Å². The van der Waals surface area contributed by atoms with E-state index in [-0.39, 0.29) is 0 Å². The fourth-order valence-electron chi connectivity index (χ4n) is 1.44. The van der Waals surface area contributed by atoms with Crippen molar-refractivity contribution in [3.8, 4) is 0 Å². The molecule has 0 saturated carbocycles. The monoisotopic (exact) mass is 273 g/mol. The van der Waals surface area contributed by atoms with Crippen molar-refractivity contribution in [2.75, 3.05) is 0 Å². The average molecular weight is 273 g/mol. The van der Waals surface area contributed by atoms with Crippen LogP contribution in [0.2, 0.25) is 0 Å². The van der Waals surface area contributed by atoms with E-state index in [4.69, 9.17) is 15.4 Å². The molecule has 18 heavy (non-hydrogen) atoms. The SMILES string of the molecule is CC(C(=O)O)c1ccc(C(C)(N)OS(=O)O)cc1. The molecule has 0 amide bonds. The third-order valence-corrected chi connectivity index (χ3v) is 3.09. The Morgan fingerprint density at radius 1 is 1.44 bits per heavy atom. The van der Waals surface area contributed by atoms with Crippen molar-refractivity contribution in [1.82, 2.24) is 0 Å². The summed E-state index contributed by atoms with van der Waals surface area (Å²) in [6.45, 7) is 3.01. The molecule has 1 aromatic rings. The zero-order valence-electron chi connectivity index (χ0n) is 9.99. The average Bonchev–Trinajstić information content (AvgIpc) is 2.26. The zero-order valence-corrected chi connectivity index (χ0v) is 10.8. The summed E-state index contributed by atoms with van der Waals surface area (Å²) in [5, 5.41) is 8.86. The highest BCUT2D eigenvalue weighted by atomic mass is 32.2. The highest BCUT2D eigenvalue weighted by molar-refractivity contribution is 7.74. The fourth-order valence-corrected chi connectivity index (χ4v) is 1.83. The Balaban J connectivity index is 2.95. The standard InChI is InChI=1S/C11H15NO5S/c1-7(10(13)14)8-3-5-9(6-4-8)11(2,12)17-18(15)16/h3-7H,12H2,1-2H3,(H,13,14)(H,15,16). The van der Waals surface area contributed by atoms with Crippen LogP contribution in [0, 0.1) is 0 Å². The smallest absolute Gasteiger partial charge is 0.310 e. The van der Waals surface area contributed by atoms with Crippen LogP contribution >= 0.6 is 0 Å². The second-order valence-corrected chi connectivity index (χ2v) is 4.69. The van der Waals surface area contributed by atoms with Crippen LogP contribution in [0.5, 0.6) is 0 Å². The number of aliphatic carboxylic acids is 1. The Morgan fingerprint density at radius 3 is 2.33 bits per heavy atom. The highest BCUT2D eigenvalue weighted by Gasteiger charge is 2.25. The number of carbonyl (C=O) groups is 1. The lowest BCUT2D eigenvalue weighted by molar-refractivity contribution is -0.138. The number of hydrogen-bond acceptors (Lipinski definition) is 4. The predicted molar refractivity (Wildman–Crippen MR) is 65.9 cm³/mol. The summed E-state index contributed by atoms with van der Waals surface area (Å²) in [4.78, 5) is 10.8. The molecule has 100 valence electrons. The molecule has 3 atom stereocenters.